The van der Waals surface area contributed by atoms with E-state index in [1.165, 1.54) is 26.4 Å². The van der Waals surface area contributed by atoms with Crippen LogP contribution in [0.3, 0.4) is 0 Å². The molecular formula is C22H26N2O7. The average molecular weight is 430 g/mol. The van der Waals surface area contributed by atoms with E-state index in [2.05, 4.69) is 9.47 Å². The van der Waals surface area contributed by atoms with E-state index in [4.69, 9.17) is 10.8 Å². The van der Waals surface area contributed by atoms with Gasteiger partial charge in [-0.25, -0.2) is 9.59 Å². The number of esters is 2. The van der Waals surface area contributed by atoms with Gasteiger partial charge in [0.1, 0.15) is 6.04 Å². The molecule has 0 unspecified atom stereocenters. The molecule has 0 spiro atoms. The number of ether oxygens (including phenoxy) is 2. The fourth-order valence-corrected chi connectivity index (χ4v) is 2.66. The van der Waals surface area contributed by atoms with Crippen LogP contribution in [0.15, 0.2) is 54.6 Å². The normalized spacial score (nSPS) is 11.0. The predicted molar refractivity (Wildman–Crippen MR) is 112 cm³/mol. The molecule has 9 nitrogen and oxygen atoms in total. The molecule has 2 rings (SSSR count). The summed E-state index contributed by atoms with van der Waals surface area (Å²) in [5.41, 5.74) is 6.44. The van der Waals surface area contributed by atoms with Gasteiger partial charge in [0.05, 0.1) is 31.8 Å². The number of carbonyl (C=O) groups excluding carboxylic acids is 3. The van der Waals surface area contributed by atoms with Crippen LogP contribution in [-0.2, 0) is 25.6 Å². The number of amides is 1. The third kappa shape index (κ3) is 8.27. The van der Waals surface area contributed by atoms with Crippen molar-refractivity contribution >= 4 is 23.8 Å². The third-order valence-electron chi connectivity index (χ3n) is 4.22. The maximum Gasteiger partial charge on any atom is 0.338 e. The molecule has 9 heteroatoms. The highest BCUT2D eigenvalue weighted by atomic mass is 16.5. The number of primary amides is 1. The molecule has 2 aromatic carbocycles. The first-order valence-electron chi connectivity index (χ1n) is 9.22. The highest BCUT2D eigenvalue weighted by Gasteiger charge is 2.24. The number of carboxylic acid groups (broad SMARTS) is 1. The Morgan fingerprint density at radius 3 is 1.74 bits per heavy atom. The van der Waals surface area contributed by atoms with Crippen LogP contribution in [0.5, 0.6) is 0 Å². The van der Waals surface area contributed by atoms with Crippen LogP contribution in [0.25, 0.3) is 0 Å². The van der Waals surface area contributed by atoms with Crippen molar-refractivity contribution < 1.29 is 33.8 Å². The molecule has 0 aromatic heterocycles. The van der Waals surface area contributed by atoms with Gasteiger partial charge in [0.2, 0.25) is 5.91 Å². The first-order valence-corrected chi connectivity index (χ1v) is 9.22. The van der Waals surface area contributed by atoms with Crippen molar-refractivity contribution in [2.45, 2.75) is 19.0 Å². The number of carboxylic acids is 1. The number of hydrogen-bond acceptors (Lipinski definition) is 7. The van der Waals surface area contributed by atoms with Crippen LogP contribution in [0.1, 0.15) is 32.7 Å². The summed E-state index contributed by atoms with van der Waals surface area (Å²) in [5, 5.41) is 9.02. The van der Waals surface area contributed by atoms with Crippen LogP contribution in [0.2, 0.25) is 0 Å². The zero-order valence-corrected chi connectivity index (χ0v) is 17.6. The highest BCUT2D eigenvalue weighted by molar-refractivity contribution is 6.03. The van der Waals surface area contributed by atoms with Crippen LogP contribution < -0.4 is 5.73 Å². The Labute approximate surface area is 180 Å². The van der Waals surface area contributed by atoms with Crippen LogP contribution in [0.4, 0.5) is 0 Å². The number of benzene rings is 2. The molecule has 1 atom stereocenters. The predicted octanol–water partition coefficient (Wildman–Crippen LogP) is 1.71. The number of hydrogen-bond donors (Lipinski definition) is 2. The van der Waals surface area contributed by atoms with Gasteiger partial charge in [0.15, 0.2) is 0 Å². The Hall–Kier alpha value is -3.72. The van der Waals surface area contributed by atoms with Crippen molar-refractivity contribution in [3.63, 3.8) is 0 Å². The fraction of sp³-hybridized carbons (Fsp3) is 0.273. The monoisotopic (exact) mass is 430 g/mol. The van der Waals surface area contributed by atoms with Gasteiger partial charge in [-0.05, 0) is 24.7 Å². The van der Waals surface area contributed by atoms with Crippen molar-refractivity contribution in [1.82, 2.24) is 4.90 Å². The second-order valence-electron chi connectivity index (χ2n) is 6.45. The van der Waals surface area contributed by atoms with Gasteiger partial charge in [0, 0.05) is 6.54 Å². The molecule has 0 saturated carbocycles. The molecule has 2 aromatic rings. The minimum absolute atomic E-state index is 0.182. The van der Waals surface area contributed by atoms with Gasteiger partial charge in [-0.2, -0.15) is 0 Å². The van der Waals surface area contributed by atoms with Gasteiger partial charge in [0.25, 0.3) is 0 Å². The van der Waals surface area contributed by atoms with E-state index >= 15 is 0 Å². The lowest BCUT2D eigenvalue weighted by Crippen LogP contribution is -2.40. The zero-order valence-electron chi connectivity index (χ0n) is 17.6. The molecule has 166 valence electrons. The Morgan fingerprint density at radius 1 is 0.903 bits per heavy atom. The molecule has 0 aliphatic rings. The van der Waals surface area contributed by atoms with E-state index < -0.39 is 29.9 Å². The number of nitrogens with zero attached hydrogens (tertiary/aromatic N) is 1. The summed E-state index contributed by atoms with van der Waals surface area (Å²) >= 11 is 0. The van der Waals surface area contributed by atoms with Gasteiger partial charge < -0.3 is 20.3 Å². The number of rotatable bonds is 8. The van der Waals surface area contributed by atoms with Crippen molar-refractivity contribution in [1.29, 1.82) is 0 Å². The van der Waals surface area contributed by atoms with E-state index in [1.54, 1.807) is 24.1 Å². The van der Waals surface area contributed by atoms with Crippen molar-refractivity contribution in [2.24, 2.45) is 5.73 Å². The maximum absolute atomic E-state index is 11.2. The van der Waals surface area contributed by atoms with Crippen molar-refractivity contribution in [3.05, 3.63) is 71.3 Å². The Kier molecular flexibility index (Phi) is 10.4. The summed E-state index contributed by atoms with van der Waals surface area (Å²) in [5.74, 6) is -2.75. The fourth-order valence-electron chi connectivity index (χ4n) is 2.66. The Bertz CT molecular complexity index is 865. The lowest BCUT2D eigenvalue weighted by Gasteiger charge is -2.23. The number of likely N-dealkylation sites (N-methyl/N-ethyl adjacent to an activating group) is 1. The molecule has 3 N–H and O–H groups in total. The molecule has 0 heterocycles. The first kappa shape index (κ1) is 25.3. The number of nitrogens with two attached hydrogens (primary N) is 1. The van der Waals surface area contributed by atoms with Crippen LogP contribution >= 0.6 is 0 Å². The standard InChI is InChI=1S/C12H16N2O3.C10H10O4/c1-14(8-9-5-3-2-4-6-9)10(12(16)17)7-11(13)15;1-13-9(11)7-5-3-4-6-8(7)10(12)14-2/h2-6,10H,7-8H2,1H3,(H2,13,15)(H,16,17);3-6H,1-2H3/t10-;/m0./s1. The lowest BCUT2D eigenvalue weighted by atomic mass is 10.1. The van der Waals surface area contributed by atoms with Gasteiger partial charge in [-0.15, -0.1) is 0 Å². The van der Waals surface area contributed by atoms with E-state index in [0.717, 1.165) is 5.56 Å². The minimum Gasteiger partial charge on any atom is -0.480 e. The largest absolute Gasteiger partial charge is 0.480 e. The lowest BCUT2D eigenvalue weighted by molar-refractivity contribution is -0.145. The second kappa shape index (κ2) is 12.8. The molecule has 0 radical (unpaired) electrons. The SMILES string of the molecule is CN(Cc1ccccc1)[C@@H](CC(N)=O)C(=O)O.COC(=O)c1ccccc1C(=O)OC. The summed E-state index contributed by atoms with van der Waals surface area (Å²) < 4.78 is 9.05. The Balaban J connectivity index is 0.000000316. The zero-order chi connectivity index (χ0) is 23.4. The second-order valence-corrected chi connectivity index (χ2v) is 6.45. The Morgan fingerprint density at radius 2 is 1.35 bits per heavy atom. The van der Waals surface area contributed by atoms with Crippen molar-refractivity contribution in [3.8, 4) is 0 Å². The minimum atomic E-state index is -1.04. The van der Waals surface area contributed by atoms with E-state index in [1.807, 2.05) is 30.3 Å². The summed E-state index contributed by atoms with van der Waals surface area (Å²) in [7, 11) is 4.18. The van der Waals surface area contributed by atoms with E-state index in [0.29, 0.717) is 6.54 Å². The van der Waals surface area contributed by atoms with E-state index in [-0.39, 0.29) is 17.5 Å². The number of carbonyl (C=O) groups is 4. The van der Waals surface area contributed by atoms with Crippen molar-refractivity contribution in [2.75, 3.05) is 21.3 Å². The molecule has 0 fully saturated rings. The van der Waals surface area contributed by atoms with Crippen LogP contribution in [-0.4, -0.2) is 61.1 Å². The first-order chi connectivity index (χ1) is 14.7. The summed E-state index contributed by atoms with van der Waals surface area (Å²) in [4.78, 5) is 45.9. The molecule has 31 heavy (non-hydrogen) atoms. The number of aliphatic carboxylic acids is 1. The number of methoxy groups -OCH3 is 2. The summed E-state index contributed by atoms with van der Waals surface area (Å²) in [6.45, 7) is 0.463. The third-order valence-corrected chi connectivity index (χ3v) is 4.22. The molecule has 0 saturated heterocycles. The maximum atomic E-state index is 11.2. The molecule has 0 aliphatic carbocycles. The molecule has 0 bridgehead atoms. The van der Waals surface area contributed by atoms with Gasteiger partial charge >= 0.3 is 17.9 Å². The quantitative estimate of drug-likeness (QED) is 0.604. The van der Waals surface area contributed by atoms with E-state index in [9.17, 15) is 19.2 Å². The smallest absolute Gasteiger partial charge is 0.338 e. The summed E-state index contributed by atoms with van der Waals surface area (Å²) in [6.07, 6.45) is -0.182. The van der Waals surface area contributed by atoms with Crippen LogP contribution in [0, 0.1) is 0 Å². The van der Waals surface area contributed by atoms with Gasteiger partial charge in [-0.3, -0.25) is 14.5 Å². The highest BCUT2D eigenvalue weighted by Crippen LogP contribution is 2.11. The average Bonchev–Trinajstić information content (AvgIpc) is 2.77. The molecular weight excluding hydrogens is 404 g/mol. The van der Waals surface area contributed by atoms with Gasteiger partial charge in [-0.1, -0.05) is 42.5 Å². The summed E-state index contributed by atoms with van der Waals surface area (Å²) in [6, 6.07) is 14.9. The molecule has 1 amide bonds. The molecule has 0 aliphatic heterocycles. The topological polar surface area (TPSA) is 136 Å².